The monoisotopic (exact) mass is 286 g/mol. The smallest absolute Gasteiger partial charge is 0.344 e. The third kappa shape index (κ3) is 4.78. The Morgan fingerprint density at radius 2 is 1.90 bits per heavy atom. The molecular formula is C18H22O3. The van der Waals surface area contributed by atoms with E-state index in [-0.39, 0.29) is 18.7 Å². The molecule has 21 heavy (non-hydrogen) atoms. The first-order valence-corrected chi connectivity index (χ1v) is 7.50. The van der Waals surface area contributed by atoms with E-state index in [9.17, 15) is 4.79 Å². The van der Waals surface area contributed by atoms with Crippen LogP contribution >= 0.6 is 0 Å². The van der Waals surface area contributed by atoms with Crippen molar-refractivity contribution in [1.29, 1.82) is 0 Å². The lowest BCUT2D eigenvalue weighted by atomic mass is 10.1. The van der Waals surface area contributed by atoms with Gasteiger partial charge in [-0.2, -0.15) is 0 Å². The highest BCUT2D eigenvalue weighted by molar-refractivity contribution is 5.83. The second kappa shape index (κ2) is 7.67. The molecule has 112 valence electrons. The van der Waals surface area contributed by atoms with Crippen molar-refractivity contribution < 1.29 is 14.3 Å². The number of rotatable bonds is 7. The molecule has 0 fully saturated rings. The molecule has 2 aromatic rings. The summed E-state index contributed by atoms with van der Waals surface area (Å²) in [5.41, 5.74) is 0. The Hall–Kier alpha value is -2.03. The number of fused-ring (bicyclic) bond motifs is 1. The summed E-state index contributed by atoms with van der Waals surface area (Å²) in [5, 5.41) is 2.25. The number of carbonyl (C=O) groups excluding carboxylic acids is 1. The van der Waals surface area contributed by atoms with Crippen molar-refractivity contribution in [2.24, 2.45) is 0 Å². The fourth-order valence-electron chi connectivity index (χ4n) is 2.21. The fourth-order valence-corrected chi connectivity index (χ4v) is 2.21. The Bertz CT molecular complexity index is 592. The molecule has 2 rings (SSSR count). The first kappa shape index (κ1) is 15.4. The van der Waals surface area contributed by atoms with Crippen molar-refractivity contribution in [1.82, 2.24) is 0 Å². The predicted octanol–water partition coefficient (Wildman–Crippen LogP) is 4.34. The van der Waals surface area contributed by atoms with Gasteiger partial charge in [-0.05, 0) is 36.2 Å². The van der Waals surface area contributed by atoms with E-state index in [1.165, 1.54) is 0 Å². The zero-order chi connectivity index (χ0) is 15.1. The highest BCUT2D eigenvalue weighted by atomic mass is 16.6. The van der Waals surface area contributed by atoms with Crippen molar-refractivity contribution in [3.8, 4) is 5.75 Å². The van der Waals surface area contributed by atoms with Gasteiger partial charge in [0, 0.05) is 0 Å². The quantitative estimate of drug-likeness (QED) is 0.710. The topological polar surface area (TPSA) is 35.5 Å². The number of unbranched alkanes of at least 4 members (excludes halogenated alkanes) is 1. The summed E-state index contributed by atoms with van der Waals surface area (Å²) in [7, 11) is 0. The van der Waals surface area contributed by atoms with Gasteiger partial charge in [-0.1, -0.05) is 50.1 Å². The zero-order valence-electron chi connectivity index (χ0n) is 12.7. The molecule has 1 atom stereocenters. The average molecular weight is 286 g/mol. The molecule has 0 N–H and O–H groups in total. The molecule has 0 aromatic heterocycles. The Labute approximate surface area is 125 Å². The van der Waals surface area contributed by atoms with Crippen LogP contribution in [0.15, 0.2) is 42.5 Å². The van der Waals surface area contributed by atoms with Crippen LogP contribution in [0.25, 0.3) is 10.8 Å². The zero-order valence-corrected chi connectivity index (χ0v) is 12.7. The van der Waals surface area contributed by atoms with Gasteiger partial charge in [-0.15, -0.1) is 0 Å². The van der Waals surface area contributed by atoms with E-state index in [2.05, 4.69) is 6.92 Å². The summed E-state index contributed by atoms with van der Waals surface area (Å²) in [5.74, 6) is 0.374. The molecule has 0 saturated carbocycles. The maximum atomic E-state index is 11.7. The Morgan fingerprint density at radius 1 is 1.14 bits per heavy atom. The Kier molecular flexibility index (Phi) is 5.61. The number of benzene rings is 2. The lowest BCUT2D eigenvalue weighted by Gasteiger charge is -2.13. The molecule has 1 unspecified atom stereocenters. The number of carbonyl (C=O) groups is 1. The molecule has 3 nitrogen and oxygen atoms in total. The maximum absolute atomic E-state index is 11.7. The average Bonchev–Trinajstić information content (AvgIpc) is 2.50. The summed E-state index contributed by atoms with van der Waals surface area (Å²) in [6.07, 6.45) is 3.03. The van der Waals surface area contributed by atoms with E-state index in [4.69, 9.17) is 9.47 Å². The highest BCUT2D eigenvalue weighted by Crippen LogP contribution is 2.20. The Morgan fingerprint density at radius 3 is 2.67 bits per heavy atom. The molecule has 3 heteroatoms. The van der Waals surface area contributed by atoms with Crippen LogP contribution in [0, 0.1) is 0 Å². The second-order valence-corrected chi connectivity index (χ2v) is 5.24. The fraction of sp³-hybridized carbons (Fsp3) is 0.389. The lowest BCUT2D eigenvalue weighted by Crippen LogP contribution is -2.20. The number of hydrogen-bond acceptors (Lipinski definition) is 3. The summed E-state index contributed by atoms with van der Waals surface area (Å²) < 4.78 is 10.8. The van der Waals surface area contributed by atoms with Gasteiger partial charge in [0.05, 0.1) is 6.10 Å². The van der Waals surface area contributed by atoms with Crippen LogP contribution in [0.3, 0.4) is 0 Å². The van der Waals surface area contributed by atoms with Gasteiger partial charge in [0.15, 0.2) is 6.61 Å². The largest absolute Gasteiger partial charge is 0.482 e. The van der Waals surface area contributed by atoms with Crippen LogP contribution in [0.5, 0.6) is 5.75 Å². The van der Waals surface area contributed by atoms with Crippen LogP contribution in [-0.2, 0) is 9.53 Å². The molecule has 0 aliphatic carbocycles. The van der Waals surface area contributed by atoms with Crippen LogP contribution in [-0.4, -0.2) is 18.7 Å². The van der Waals surface area contributed by atoms with Gasteiger partial charge < -0.3 is 9.47 Å². The van der Waals surface area contributed by atoms with Crippen LogP contribution in [0.2, 0.25) is 0 Å². The third-order valence-corrected chi connectivity index (χ3v) is 3.37. The van der Waals surface area contributed by atoms with Gasteiger partial charge in [0.1, 0.15) is 5.75 Å². The van der Waals surface area contributed by atoms with Gasteiger partial charge in [-0.3, -0.25) is 0 Å². The normalized spacial score (nSPS) is 12.1. The molecule has 0 radical (unpaired) electrons. The molecule has 0 aliphatic rings. The number of ether oxygens (including phenoxy) is 2. The molecule has 0 spiro atoms. The second-order valence-electron chi connectivity index (χ2n) is 5.24. The van der Waals surface area contributed by atoms with E-state index >= 15 is 0 Å². The predicted molar refractivity (Wildman–Crippen MR) is 84.5 cm³/mol. The van der Waals surface area contributed by atoms with E-state index in [0.29, 0.717) is 5.75 Å². The van der Waals surface area contributed by atoms with Gasteiger partial charge in [0.25, 0.3) is 0 Å². The SMILES string of the molecule is CCCCC(C)OC(=O)COc1ccc2ccccc2c1. The standard InChI is InChI=1S/C18H22O3/c1-3-4-7-14(2)21-18(19)13-20-17-11-10-15-8-5-6-9-16(15)12-17/h5-6,8-12,14H,3-4,7,13H2,1-2H3. The number of hydrogen-bond donors (Lipinski definition) is 0. The van der Waals surface area contributed by atoms with Gasteiger partial charge in [0.2, 0.25) is 0 Å². The minimum Gasteiger partial charge on any atom is -0.482 e. The molecule has 0 amide bonds. The third-order valence-electron chi connectivity index (χ3n) is 3.37. The van der Waals surface area contributed by atoms with Gasteiger partial charge >= 0.3 is 5.97 Å². The summed E-state index contributed by atoms with van der Waals surface area (Å²) >= 11 is 0. The van der Waals surface area contributed by atoms with Crippen LogP contribution in [0.1, 0.15) is 33.1 Å². The first-order chi connectivity index (χ1) is 10.2. The highest BCUT2D eigenvalue weighted by Gasteiger charge is 2.10. The van der Waals surface area contributed by atoms with E-state index in [1.807, 2.05) is 49.4 Å². The minimum atomic E-state index is -0.313. The lowest BCUT2D eigenvalue weighted by molar-refractivity contribution is -0.150. The van der Waals surface area contributed by atoms with Crippen molar-refractivity contribution >= 4 is 16.7 Å². The van der Waals surface area contributed by atoms with E-state index in [0.717, 1.165) is 30.0 Å². The van der Waals surface area contributed by atoms with Gasteiger partial charge in [-0.25, -0.2) is 4.79 Å². The van der Waals surface area contributed by atoms with Crippen molar-refractivity contribution in [2.45, 2.75) is 39.2 Å². The molecular weight excluding hydrogens is 264 g/mol. The summed E-state index contributed by atoms with van der Waals surface area (Å²) in [4.78, 5) is 11.7. The molecule has 0 saturated heterocycles. The van der Waals surface area contributed by atoms with Crippen LogP contribution in [0.4, 0.5) is 0 Å². The Balaban J connectivity index is 1.85. The minimum absolute atomic E-state index is 0.0438. The number of esters is 1. The van der Waals surface area contributed by atoms with Crippen molar-refractivity contribution in [3.05, 3.63) is 42.5 Å². The van der Waals surface area contributed by atoms with E-state index in [1.54, 1.807) is 0 Å². The summed E-state index contributed by atoms with van der Waals surface area (Å²) in [6.45, 7) is 4.00. The molecule has 2 aromatic carbocycles. The first-order valence-electron chi connectivity index (χ1n) is 7.50. The van der Waals surface area contributed by atoms with E-state index < -0.39 is 0 Å². The molecule has 0 aliphatic heterocycles. The molecule has 0 bridgehead atoms. The summed E-state index contributed by atoms with van der Waals surface area (Å²) in [6, 6.07) is 13.8. The molecule has 0 heterocycles. The van der Waals surface area contributed by atoms with Crippen molar-refractivity contribution in [3.63, 3.8) is 0 Å². The van der Waals surface area contributed by atoms with Crippen LogP contribution < -0.4 is 4.74 Å². The maximum Gasteiger partial charge on any atom is 0.344 e. The van der Waals surface area contributed by atoms with Crippen molar-refractivity contribution in [2.75, 3.05) is 6.61 Å².